The number of nitrogens with zero attached hydrogens (tertiary/aromatic N) is 5. The van der Waals surface area contributed by atoms with Crippen LogP contribution in [0.4, 0.5) is 17.5 Å². The first-order valence-electron chi connectivity index (χ1n) is 11.6. The summed E-state index contributed by atoms with van der Waals surface area (Å²) < 4.78 is 6.35. The van der Waals surface area contributed by atoms with Crippen LogP contribution in [0.5, 0.6) is 5.75 Å². The average molecular weight is 462 g/mol. The number of carbonyl (C=O) groups is 1. The summed E-state index contributed by atoms with van der Waals surface area (Å²) in [6, 6.07) is 13.5. The van der Waals surface area contributed by atoms with Gasteiger partial charge in [0, 0.05) is 57.3 Å². The molecule has 2 N–H and O–H groups in total. The van der Waals surface area contributed by atoms with Crippen LogP contribution in [-0.2, 0) is 0 Å². The maximum Gasteiger partial charge on any atom is 0.263 e. The molecule has 3 aromatic rings. The van der Waals surface area contributed by atoms with Crippen LogP contribution >= 0.6 is 0 Å². The highest BCUT2D eigenvalue weighted by Crippen LogP contribution is 2.30. The first-order chi connectivity index (χ1) is 16.6. The van der Waals surface area contributed by atoms with Crippen LogP contribution < -0.4 is 25.2 Å². The number of likely N-dealkylation sites (N-methyl/N-ethyl adjacent to an activating group) is 1. The summed E-state index contributed by atoms with van der Waals surface area (Å²) >= 11 is 0. The van der Waals surface area contributed by atoms with Crippen molar-refractivity contribution in [3.8, 4) is 5.75 Å². The summed E-state index contributed by atoms with van der Waals surface area (Å²) in [5.74, 6) is 1.71. The smallest absolute Gasteiger partial charge is 0.263 e. The molecule has 0 spiro atoms. The van der Waals surface area contributed by atoms with E-state index in [1.807, 2.05) is 68.4 Å². The third-order valence-electron chi connectivity index (χ3n) is 5.68. The molecule has 178 valence electrons. The van der Waals surface area contributed by atoms with Crippen molar-refractivity contribution >= 4 is 23.4 Å². The second-order valence-corrected chi connectivity index (χ2v) is 8.09. The highest BCUT2D eigenvalue weighted by Gasteiger charge is 2.28. The number of pyridine rings is 1. The van der Waals surface area contributed by atoms with Gasteiger partial charge < -0.3 is 25.2 Å². The molecule has 0 saturated heterocycles. The number of hydrogen-bond acceptors (Lipinski definition) is 8. The lowest BCUT2D eigenvalue weighted by molar-refractivity contribution is 0.0989. The summed E-state index contributed by atoms with van der Waals surface area (Å²) in [7, 11) is 3.86. The lowest BCUT2D eigenvalue weighted by Gasteiger charge is -2.23. The number of aromatic nitrogens is 3. The molecule has 1 amide bonds. The molecule has 9 nitrogen and oxygen atoms in total. The Bertz CT molecular complexity index is 1110. The lowest BCUT2D eigenvalue weighted by atomic mass is 10.1. The summed E-state index contributed by atoms with van der Waals surface area (Å²) in [5, 5.41) is 6.28. The number of anilines is 3. The molecule has 1 aliphatic heterocycles. The van der Waals surface area contributed by atoms with E-state index in [0.717, 1.165) is 24.3 Å². The largest absolute Gasteiger partial charge is 0.484 e. The molecule has 0 saturated carbocycles. The number of amides is 1. The second kappa shape index (κ2) is 10.9. The molecule has 0 fully saturated rings. The maximum absolute atomic E-state index is 13.5. The minimum absolute atomic E-state index is 0.129. The standard InChI is InChI=1S/C25H31N7O2/c1-4-27-25-29-17-20-23(30-25)31(3)14-15-32(24(20)33)18-8-7-9-19(16-18)34-22(11-13-26-2)21-10-5-6-12-28-21/h5-10,12,16-17,22,26H,4,11,13-15H2,1-3H3,(H,27,29,30). The third-order valence-corrected chi connectivity index (χ3v) is 5.68. The van der Waals surface area contributed by atoms with E-state index in [-0.39, 0.29) is 12.0 Å². The van der Waals surface area contributed by atoms with Gasteiger partial charge in [0.05, 0.1) is 5.69 Å². The van der Waals surface area contributed by atoms with E-state index < -0.39 is 0 Å². The van der Waals surface area contributed by atoms with Gasteiger partial charge in [-0.1, -0.05) is 12.1 Å². The van der Waals surface area contributed by atoms with Gasteiger partial charge in [-0.2, -0.15) is 4.98 Å². The van der Waals surface area contributed by atoms with Crippen LogP contribution in [0.15, 0.2) is 54.9 Å². The molecule has 3 heterocycles. The fourth-order valence-electron chi connectivity index (χ4n) is 3.91. The van der Waals surface area contributed by atoms with Crippen molar-refractivity contribution < 1.29 is 9.53 Å². The van der Waals surface area contributed by atoms with Crippen LogP contribution in [0, 0.1) is 0 Å². The van der Waals surface area contributed by atoms with Gasteiger partial charge in [0.2, 0.25) is 5.95 Å². The van der Waals surface area contributed by atoms with Crippen molar-refractivity contribution in [3.63, 3.8) is 0 Å². The molecule has 9 heteroatoms. The molecule has 0 aliphatic carbocycles. The first-order valence-corrected chi connectivity index (χ1v) is 11.6. The Hall–Kier alpha value is -3.72. The molecule has 34 heavy (non-hydrogen) atoms. The average Bonchev–Trinajstić information content (AvgIpc) is 2.99. The van der Waals surface area contributed by atoms with Gasteiger partial charge in [0.15, 0.2) is 0 Å². The molecule has 0 radical (unpaired) electrons. The van der Waals surface area contributed by atoms with Gasteiger partial charge in [-0.15, -0.1) is 0 Å². The van der Waals surface area contributed by atoms with Gasteiger partial charge in [-0.25, -0.2) is 4.98 Å². The van der Waals surface area contributed by atoms with Gasteiger partial charge in [0.25, 0.3) is 5.91 Å². The summed E-state index contributed by atoms with van der Waals surface area (Å²) in [6.07, 6.45) is 3.94. The van der Waals surface area contributed by atoms with E-state index in [4.69, 9.17) is 4.74 Å². The first kappa shape index (κ1) is 23.4. The second-order valence-electron chi connectivity index (χ2n) is 8.09. The molecule has 1 aliphatic rings. The highest BCUT2D eigenvalue weighted by atomic mass is 16.5. The lowest BCUT2D eigenvalue weighted by Crippen LogP contribution is -2.33. The van der Waals surface area contributed by atoms with E-state index in [1.165, 1.54) is 0 Å². The van der Waals surface area contributed by atoms with E-state index >= 15 is 0 Å². The molecule has 1 atom stereocenters. The van der Waals surface area contributed by atoms with E-state index in [9.17, 15) is 4.79 Å². The predicted molar refractivity (Wildman–Crippen MR) is 134 cm³/mol. The Balaban J connectivity index is 1.59. The number of ether oxygens (including phenoxy) is 1. The number of fused-ring (bicyclic) bond motifs is 1. The van der Waals surface area contributed by atoms with Crippen LogP contribution in [0.3, 0.4) is 0 Å². The Morgan fingerprint density at radius 1 is 1.15 bits per heavy atom. The van der Waals surface area contributed by atoms with Crippen molar-refractivity contribution in [1.82, 2.24) is 20.3 Å². The number of carbonyl (C=O) groups excluding carboxylic acids is 1. The zero-order valence-electron chi connectivity index (χ0n) is 19.9. The van der Waals surface area contributed by atoms with E-state index in [2.05, 4.69) is 25.6 Å². The third kappa shape index (κ3) is 5.26. The molecule has 2 aromatic heterocycles. The SMILES string of the molecule is CCNc1ncc2c(n1)N(C)CCN(c1cccc(OC(CCNC)c3ccccn3)c1)C2=O. The van der Waals surface area contributed by atoms with Crippen molar-refractivity contribution in [3.05, 3.63) is 66.1 Å². The highest BCUT2D eigenvalue weighted by molar-refractivity contribution is 6.09. The quantitative estimate of drug-likeness (QED) is 0.502. The minimum atomic E-state index is -0.200. The molecule has 4 rings (SSSR count). The molecular formula is C25H31N7O2. The monoisotopic (exact) mass is 461 g/mol. The zero-order valence-corrected chi connectivity index (χ0v) is 19.9. The van der Waals surface area contributed by atoms with Crippen molar-refractivity contribution in [1.29, 1.82) is 0 Å². The van der Waals surface area contributed by atoms with Crippen LogP contribution in [0.1, 0.15) is 35.5 Å². The fraction of sp³-hybridized carbons (Fsp3) is 0.360. The number of nitrogens with one attached hydrogen (secondary N) is 2. The van der Waals surface area contributed by atoms with Gasteiger partial charge >= 0.3 is 0 Å². The van der Waals surface area contributed by atoms with Crippen molar-refractivity contribution in [2.45, 2.75) is 19.4 Å². The maximum atomic E-state index is 13.5. The van der Waals surface area contributed by atoms with Gasteiger partial charge in [-0.05, 0) is 44.8 Å². The number of benzene rings is 1. The number of rotatable bonds is 9. The zero-order chi connectivity index (χ0) is 23.9. The van der Waals surface area contributed by atoms with E-state index in [0.29, 0.717) is 42.7 Å². The fourth-order valence-corrected chi connectivity index (χ4v) is 3.91. The van der Waals surface area contributed by atoms with Crippen LogP contribution in [0.25, 0.3) is 0 Å². The molecule has 1 unspecified atom stereocenters. The van der Waals surface area contributed by atoms with Crippen LogP contribution in [-0.4, -0.2) is 61.1 Å². The van der Waals surface area contributed by atoms with E-state index in [1.54, 1.807) is 17.3 Å². The van der Waals surface area contributed by atoms with Crippen molar-refractivity contribution in [2.75, 3.05) is 55.4 Å². The van der Waals surface area contributed by atoms with Gasteiger partial charge in [0.1, 0.15) is 23.2 Å². The molecule has 0 bridgehead atoms. The molecule has 1 aromatic carbocycles. The minimum Gasteiger partial charge on any atom is -0.484 e. The molecular weight excluding hydrogens is 430 g/mol. The van der Waals surface area contributed by atoms with Gasteiger partial charge in [-0.3, -0.25) is 9.78 Å². The Kier molecular flexibility index (Phi) is 7.54. The normalized spacial score (nSPS) is 14.4. The Labute approximate surface area is 200 Å². The summed E-state index contributed by atoms with van der Waals surface area (Å²) in [4.78, 5) is 30.6. The topological polar surface area (TPSA) is 95.5 Å². The summed E-state index contributed by atoms with van der Waals surface area (Å²) in [5.41, 5.74) is 2.12. The Morgan fingerprint density at radius 3 is 2.79 bits per heavy atom. The van der Waals surface area contributed by atoms with Crippen molar-refractivity contribution in [2.24, 2.45) is 0 Å². The summed E-state index contributed by atoms with van der Waals surface area (Å²) in [6.45, 7) is 4.66. The number of hydrogen-bond donors (Lipinski definition) is 2. The predicted octanol–water partition coefficient (Wildman–Crippen LogP) is 3.13. The van der Waals surface area contributed by atoms with Crippen LogP contribution in [0.2, 0.25) is 0 Å². The Morgan fingerprint density at radius 2 is 2.03 bits per heavy atom.